The third kappa shape index (κ3) is 5.68. The molecule has 30 heavy (non-hydrogen) atoms. The summed E-state index contributed by atoms with van der Waals surface area (Å²) in [5, 5.41) is 11.5. The molecule has 1 atom stereocenters. The summed E-state index contributed by atoms with van der Waals surface area (Å²) in [6, 6.07) is 25.2. The van der Waals surface area contributed by atoms with Crippen molar-refractivity contribution < 1.29 is 19.4 Å². The molecule has 3 aromatic carbocycles. The highest BCUT2D eigenvalue weighted by Gasteiger charge is 2.31. The van der Waals surface area contributed by atoms with Crippen molar-refractivity contribution >= 4 is 17.6 Å². The normalized spacial score (nSPS) is 12.6. The maximum absolute atomic E-state index is 12.2. The largest absolute Gasteiger partial charge is 0.489 e. The van der Waals surface area contributed by atoms with Crippen LogP contribution in [0.1, 0.15) is 18.9 Å². The molecule has 3 rings (SSSR count). The van der Waals surface area contributed by atoms with E-state index in [1.807, 2.05) is 30.3 Å². The molecule has 0 aliphatic rings. The first-order chi connectivity index (χ1) is 14.3. The van der Waals surface area contributed by atoms with Crippen molar-refractivity contribution in [3.8, 4) is 16.9 Å². The van der Waals surface area contributed by atoms with E-state index in [9.17, 15) is 9.59 Å². The first-order valence-electron chi connectivity index (χ1n) is 9.53. The van der Waals surface area contributed by atoms with Gasteiger partial charge in [0.15, 0.2) is 0 Å². The molecule has 0 aliphatic carbocycles. The smallest absolute Gasteiger partial charge is 0.305 e. The number of carboxylic acids is 1. The Morgan fingerprint density at radius 3 is 2.13 bits per heavy atom. The molecule has 6 heteroatoms. The number of nitrogens with one attached hydrogen (secondary N) is 1. The number of carbonyl (C=O) groups is 2. The predicted octanol–water partition coefficient (Wildman–Crippen LogP) is 4.06. The number of hydrogen-bond acceptors (Lipinski definition) is 4. The van der Waals surface area contributed by atoms with Gasteiger partial charge in [0, 0.05) is 5.69 Å². The minimum absolute atomic E-state index is 0.417. The third-order valence-electron chi connectivity index (χ3n) is 4.62. The Bertz CT molecular complexity index is 998. The van der Waals surface area contributed by atoms with Gasteiger partial charge in [-0.2, -0.15) is 0 Å². The van der Waals surface area contributed by atoms with Gasteiger partial charge in [0.25, 0.3) is 0 Å². The number of carboxylic acid groups (broad SMARTS) is 1. The molecular weight excluding hydrogens is 380 g/mol. The quantitative estimate of drug-likeness (QED) is 0.525. The number of amides is 1. The highest BCUT2D eigenvalue weighted by molar-refractivity contribution is 5.99. The molecule has 0 unspecified atom stereocenters. The Kier molecular flexibility index (Phi) is 6.49. The van der Waals surface area contributed by atoms with E-state index in [0.29, 0.717) is 18.0 Å². The van der Waals surface area contributed by atoms with Gasteiger partial charge in [0.1, 0.15) is 17.9 Å². The molecule has 0 aliphatic heterocycles. The van der Waals surface area contributed by atoms with E-state index in [-0.39, 0.29) is 0 Å². The molecule has 154 valence electrons. The van der Waals surface area contributed by atoms with Crippen molar-refractivity contribution in [1.82, 2.24) is 0 Å². The molecule has 0 saturated carbocycles. The number of ether oxygens (including phenoxy) is 1. The van der Waals surface area contributed by atoms with Crippen molar-refractivity contribution in [2.75, 3.05) is 5.32 Å². The zero-order chi connectivity index (χ0) is 21.6. The standard InChI is InChI=1S/C24H24N2O4/c1-24(25,15-22(27)28)23(29)26-20-11-13-21(14-12-20)30-16-17-7-9-19(10-8-17)18-5-3-2-4-6-18/h2-14H,15-16,25H2,1H3,(H,26,29)(H,27,28)/t24-/m0/s1. The van der Waals surface area contributed by atoms with Crippen molar-refractivity contribution in [2.45, 2.75) is 25.5 Å². The number of carbonyl (C=O) groups excluding carboxylic acids is 1. The molecule has 0 saturated heterocycles. The van der Waals surface area contributed by atoms with Crippen LogP contribution in [0.25, 0.3) is 11.1 Å². The molecule has 0 heterocycles. The Hall–Kier alpha value is -3.64. The van der Waals surface area contributed by atoms with Gasteiger partial charge in [-0.3, -0.25) is 9.59 Å². The first-order valence-corrected chi connectivity index (χ1v) is 9.53. The van der Waals surface area contributed by atoms with E-state index in [0.717, 1.165) is 11.1 Å². The van der Waals surface area contributed by atoms with E-state index in [1.54, 1.807) is 24.3 Å². The minimum atomic E-state index is -1.49. The summed E-state index contributed by atoms with van der Waals surface area (Å²) in [4.78, 5) is 23.0. The van der Waals surface area contributed by atoms with Crippen molar-refractivity contribution in [3.63, 3.8) is 0 Å². The molecule has 0 aromatic heterocycles. The van der Waals surface area contributed by atoms with Crippen LogP contribution in [-0.4, -0.2) is 22.5 Å². The number of anilines is 1. The third-order valence-corrected chi connectivity index (χ3v) is 4.62. The van der Waals surface area contributed by atoms with E-state index in [4.69, 9.17) is 15.6 Å². The van der Waals surface area contributed by atoms with Crippen LogP contribution in [0.5, 0.6) is 5.75 Å². The van der Waals surface area contributed by atoms with Gasteiger partial charge in [0.2, 0.25) is 5.91 Å². The summed E-state index contributed by atoms with van der Waals surface area (Å²) in [6.07, 6.45) is -0.455. The molecule has 0 spiro atoms. The summed E-state index contributed by atoms with van der Waals surface area (Å²) in [5.74, 6) is -1.03. The second-order valence-electron chi connectivity index (χ2n) is 7.32. The summed E-state index contributed by atoms with van der Waals surface area (Å²) >= 11 is 0. The predicted molar refractivity (Wildman–Crippen MR) is 116 cm³/mol. The summed E-state index contributed by atoms with van der Waals surface area (Å²) < 4.78 is 5.80. The van der Waals surface area contributed by atoms with Gasteiger partial charge in [-0.15, -0.1) is 0 Å². The van der Waals surface area contributed by atoms with Crippen molar-refractivity contribution in [1.29, 1.82) is 0 Å². The topological polar surface area (TPSA) is 102 Å². The molecule has 1 amide bonds. The molecule has 4 N–H and O–H groups in total. The van der Waals surface area contributed by atoms with Gasteiger partial charge in [-0.25, -0.2) is 0 Å². The van der Waals surface area contributed by atoms with Crippen LogP contribution in [0, 0.1) is 0 Å². The Morgan fingerprint density at radius 1 is 0.933 bits per heavy atom. The highest BCUT2D eigenvalue weighted by atomic mass is 16.5. The van der Waals surface area contributed by atoms with Crippen molar-refractivity contribution in [3.05, 3.63) is 84.4 Å². The van der Waals surface area contributed by atoms with Gasteiger partial charge in [-0.05, 0) is 47.9 Å². The van der Waals surface area contributed by atoms with Crippen LogP contribution in [0.4, 0.5) is 5.69 Å². The fourth-order valence-corrected chi connectivity index (χ4v) is 2.89. The molecule has 6 nitrogen and oxygen atoms in total. The maximum atomic E-state index is 12.2. The van der Waals surface area contributed by atoms with Crippen LogP contribution < -0.4 is 15.8 Å². The van der Waals surface area contributed by atoms with Gasteiger partial charge >= 0.3 is 5.97 Å². The highest BCUT2D eigenvalue weighted by Crippen LogP contribution is 2.21. The molecule has 0 radical (unpaired) electrons. The monoisotopic (exact) mass is 404 g/mol. The van der Waals surface area contributed by atoms with Crippen molar-refractivity contribution in [2.24, 2.45) is 5.73 Å². The number of nitrogens with two attached hydrogens (primary N) is 1. The SMILES string of the molecule is C[C@](N)(CC(=O)O)C(=O)Nc1ccc(OCc2ccc(-c3ccccc3)cc2)cc1. The van der Waals surface area contributed by atoms with Gasteiger partial charge in [0.05, 0.1) is 6.42 Å². The van der Waals surface area contributed by atoms with Crippen LogP contribution >= 0.6 is 0 Å². The number of hydrogen-bond donors (Lipinski definition) is 3. The average Bonchev–Trinajstić information content (AvgIpc) is 2.73. The lowest BCUT2D eigenvalue weighted by atomic mass is 9.98. The first kappa shape index (κ1) is 21.1. The molecular formula is C24H24N2O4. The Balaban J connectivity index is 1.55. The lowest BCUT2D eigenvalue weighted by Crippen LogP contribution is -2.49. The van der Waals surface area contributed by atoms with E-state index in [2.05, 4.69) is 29.6 Å². The maximum Gasteiger partial charge on any atom is 0.305 e. The molecule has 0 bridgehead atoms. The molecule has 0 fully saturated rings. The second-order valence-corrected chi connectivity index (χ2v) is 7.32. The second kappa shape index (κ2) is 9.24. The van der Waals surface area contributed by atoms with Crippen LogP contribution in [0.2, 0.25) is 0 Å². The summed E-state index contributed by atoms with van der Waals surface area (Å²) in [7, 11) is 0. The zero-order valence-electron chi connectivity index (χ0n) is 16.7. The lowest BCUT2D eigenvalue weighted by molar-refractivity contribution is -0.140. The van der Waals surface area contributed by atoms with E-state index in [1.165, 1.54) is 12.5 Å². The fourth-order valence-electron chi connectivity index (χ4n) is 2.89. The minimum Gasteiger partial charge on any atom is -0.489 e. The summed E-state index contributed by atoms with van der Waals surface area (Å²) in [5.41, 5.74) is 8.16. The summed E-state index contributed by atoms with van der Waals surface area (Å²) in [6.45, 7) is 1.80. The average molecular weight is 404 g/mol. The van der Waals surface area contributed by atoms with Gasteiger partial charge in [-0.1, -0.05) is 54.6 Å². The van der Waals surface area contributed by atoms with Crippen LogP contribution in [0.3, 0.4) is 0 Å². The molecule has 3 aromatic rings. The Morgan fingerprint density at radius 2 is 1.53 bits per heavy atom. The van der Waals surface area contributed by atoms with Crippen LogP contribution in [0.15, 0.2) is 78.9 Å². The fraction of sp³-hybridized carbons (Fsp3) is 0.167. The van der Waals surface area contributed by atoms with E-state index >= 15 is 0 Å². The number of aliphatic carboxylic acids is 1. The number of rotatable bonds is 8. The lowest BCUT2D eigenvalue weighted by Gasteiger charge is -2.21. The van der Waals surface area contributed by atoms with Gasteiger partial charge < -0.3 is 20.9 Å². The Labute approximate surface area is 175 Å². The van der Waals surface area contributed by atoms with Crippen LogP contribution in [-0.2, 0) is 16.2 Å². The number of benzene rings is 3. The van der Waals surface area contributed by atoms with E-state index < -0.39 is 23.8 Å². The zero-order valence-corrected chi connectivity index (χ0v) is 16.7.